The van der Waals surface area contributed by atoms with Crippen LogP contribution in [0.25, 0.3) is 51.5 Å². The van der Waals surface area contributed by atoms with E-state index in [1.165, 1.54) is 45.5 Å². The highest BCUT2D eigenvalue weighted by Gasteiger charge is 2.91. The largest absolute Gasteiger partial charge is 0.460 e. The highest BCUT2D eigenvalue weighted by atomic mass is 32.1. The van der Waals surface area contributed by atoms with Crippen LogP contribution < -0.4 is 0 Å². The van der Waals surface area contributed by atoms with E-state index in [9.17, 15) is 48.3 Å². The summed E-state index contributed by atoms with van der Waals surface area (Å²) in [4.78, 5) is 2.17. The van der Waals surface area contributed by atoms with E-state index in [1.807, 2.05) is 40.4 Å². The quantitative estimate of drug-likeness (QED) is 0.121. The third-order valence-electron chi connectivity index (χ3n) is 7.32. The van der Waals surface area contributed by atoms with Gasteiger partial charge in [0.2, 0.25) is 0 Å². The molecular weight excluding hydrogens is 800 g/mol. The Morgan fingerprint density at radius 3 is 1.24 bits per heavy atom. The van der Waals surface area contributed by atoms with Gasteiger partial charge in [0.15, 0.2) is 0 Å². The average molecular weight is 813 g/mol. The summed E-state index contributed by atoms with van der Waals surface area (Å²) in [5.74, 6) is -37.4. The van der Waals surface area contributed by atoms with E-state index in [0.29, 0.717) is 33.1 Å². The number of hydrogen-bond donors (Lipinski definition) is 0. The molecule has 0 aliphatic rings. The van der Waals surface area contributed by atoms with E-state index >= 15 is 8.78 Å². The van der Waals surface area contributed by atoms with E-state index in [0.717, 1.165) is 42.5 Å². The lowest BCUT2D eigenvalue weighted by Gasteiger charge is -2.39. The van der Waals surface area contributed by atoms with Crippen molar-refractivity contribution in [3.63, 3.8) is 0 Å². The molecule has 260 valence electrons. The van der Waals surface area contributed by atoms with Crippen LogP contribution in [0.5, 0.6) is 0 Å². The van der Waals surface area contributed by atoms with Crippen molar-refractivity contribution in [1.82, 2.24) is 0 Å². The maximum atomic E-state index is 15.4. The molecule has 19 heteroatoms. The predicted molar refractivity (Wildman–Crippen MR) is 171 cm³/mol. The molecule has 0 nitrogen and oxygen atoms in total. The summed E-state index contributed by atoms with van der Waals surface area (Å²) in [6, 6.07) is 11.1. The van der Waals surface area contributed by atoms with Gasteiger partial charge in [-0.05, 0) is 68.7 Å². The first kappa shape index (κ1) is 36.1. The molecule has 0 amide bonds. The van der Waals surface area contributed by atoms with Gasteiger partial charge in [-0.3, -0.25) is 0 Å². The lowest BCUT2D eigenvalue weighted by molar-refractivity contribution is -0.441. The number of thiophene rings is 6. The van der Waals surface area contributed by atoms with E-state index in [-0.39, 0.29) is 16.5 Å². The lowest BCUT2D eigenvalue weighted by atomic mass is 9.90. The summed E-state index contributed by atoms with van der Waals surface area (Å²) in [6.07, 6.45) is -7.47. The Balaban J connectivity index is 1.41. The van der Waals surface area contributed by atoms with Gasteiger partial charge >= 0.3 is 35.8 Å². The Hall–Kier alpha value is -2.71. The highest BCUT2D eigenvalue weighted by Crippen LogP contribution is 2.63. The second-order valence-electron chi connectivity index (χ2n) is 10.2. The Kier molecular flexibility index (Phi) is 9.00. The first-order valence-corrected chi connectivity index (χ1v) is 18.4. The molecule has 0 radical (unpaired) electrons. The molecule has 0 atom stereocenters. The minimum atomic E-state index is -7.97. The Morgan fingerprint density at radius 2 is 0.755 bits per heavy atom. The van der Waals surface area contributed by atoms with Crippen LogP contribution in [0.1, 0.15) is 5.56 Å². The van der Waals surface area contributed by atoms with Crippen LogP contribution in [0.15, 0.2) is 74.7 Å². The maximum absolute atomic E-state index is 15.4. The summed E-state index contributed by atoms with van der Waals surface area (Å²) in [5.41, 5.74) is 0.639. The van der Waals surface area contributed by atoms with Crippen LogP contribution in [0.2, 0.25) is 0 Å². The monoisotopic (exact) mass is 812 g/mol. The average Bonchev–Trinajstić information content (AvgIpc) is 3.87. The molecule has 0 fully saturated rings. The molecule has 0 aliphatic carbocycles. The second-order valence-corrected chi connectivity index (χ2v) is 15.7. The smallest absolute Gasteiger partial charge is 0.194 e. The molecule has 49 heavy (non-hydrogen) atoms. The SMILES string of the molecule is FC(F)(F)C(F)(F)C(F)(F)C(F)(F)C(F)(F)C(F)(F)c1ccsc1-c1sccc1-c1sccc1-c1sccc1-c1sccc1-c1cccs1. The molecule has 0 unspecified atom stereocenters. The zero-order valence-corrected chi connectivity index (χ0v) is 28.3. The number of halogens is 13. The molecule has 0 saturated carbocycles. The van der Waals surface area contributed by atoms with Crippen molar-refractivity contribution in [2.24, 2.45) is 0 Å². The fourth-order valence-electron chi connectivity index (χ4n) is 4.87. The van der Waals surface area contributed by atoms with Gasteiger partial charge < -0.3 is 0 Å². The Morgan fingerprint density at radius 1 is 0.347 bits per heavy atom. The van der Waals surface area contributed by atoms with E-state index < -0.39 is 46.2 Å². The van der Waals surface area contributed by atoms with Gasteiger partial charge in [-0.25, -0.2) is 0 Å². The van der Waals surface area contributed by atoms with Crippen LogP contribution in [0.4, 0.5) is 57.1 Å². The van der Waals surface area contributed by atoms with Gasteiger partial charge in [-0.1, -0.05) is 6.07 Å². The van der Waals surface area contributed by atoms with Crippen molar-refractivity contribution < 1.29 is 57.1 Å². The van der Waals surface area contributed by atoms with Gasteiger partial charge in [0.1, 0.15) is 0 Å². The van der Waals surface area contributed by atoms with Crippen LogP contribution >= 0.6 is 68.0 Å². The van der Waals surface area contributed by atoms with Crippen LogP contribution in [-0.4, -0.2) is 29.9 Å². The second kappa shape index (κ2) is 12.2. The molecule has 0 aliphatic heterocycles. The molecular formula is C30H13F13S6. The van der Waals surface area contributed by atoms with Crippen molar-refractivity contribution >= 4 is 68.0 Å². The summed E-state index contributed by atoms with van der Waals surface area (Å²) >= 11 is 6.55. The molecule has 0 saturated heterocycles. The van der Waals surface area contributed by atoms with Crippen molar-refractivity contribution in [3.8, 4) is 51.5 Å². The molecule has 0 bridgehead atoms. The first-order valence-electron chi connectivity index (χ1n) is 13.2. The summed E-state index contributed by atoms with van der Waals surface area (Å²) in [7, 11) is 0. The van der Waals surface area contributed by atoms with Gasteiger partial charge in [0.25, 0.3) is 0 Å². The van der Waals surface area contributed by atoms with E-state index in [1.54, 1.807) is 11.4 Å². The van der Waals surface area contributed by atoms with Gasteiger partial charge in [-0.2, -0.15) is 57.1 Å². The fourth-order valence-corrected chi connectivity index (χ4v) is 10.7. The molecule has 6 aromatic rings. The topological polar surface area (TPSA) is 0 Å². The van der Waals surface area contributed by atoms with Crippen LogP contribution in [0.3, 0.4) is 0 Å². The maximum Gasteiger partial charge on any atom is 0.460 e. The number of hydrogen-bond acceptors (Lipinski definition) is 6. The predicted octanol–water partition coefficient (Wildman–Crippen LogP) is 14.6. The number of alkyl halides is 13. The third-order valence-corrected chi connectivity index (χ3v) is 13.1. The van der Waals surface area contributed by atoms with E-state index in [2.05, 4.69) is 0 Å². The fraction of sp³-hybridized carbons (Fsp3) is 0.200. The Bertz CT molecular complexity index is 2070. The number of rotatable bonds is 10. The first-order chi connectivity index (χ1) is 22.8. The van der Waals surface area contributed by atoms with Crippen molar-refractivity contribution in [1.29, 1.82) is 0 Å². The third kappa shape index (κ3) is 5.41. The van der Waals surface area contributed by atoms with Gasteiger partial charge in [0.05, 0.1) is 9.75 Å². The van der Waals surface area contributed by atoms with Crippen molar-refractivity contribution in [2.45, 2.75) is 35.8 Å². The highest BCUT2D eigenvalue weighted by molar-refractivity contribution is 7.22. The normalized spacial score (nSPS) is 13.8. The molecule has 6 rings (SSSR count). The van der Waals surface area contributed by atoms with Crippen LogP contribution in [-0.2, 0) is 5.92 Å². The minimum absolute atomic E-state index is 0.173. The summed E-state index contributed by atoms with van der Waals surface area (Å²) < 4.78 is 182. The van der Waals surface area contributed by atoms with Crippen molar-refractivity contribution in [3.05, 3.63) is 80.3 Å². The molecule has 0 spiro atoms. The standard InChI is InChI=1S/C30H13F13S6/c31-25(32,26(33,34)27(35,36)28(37,38)29(39,40)30(41,42)43)18-7-13-49-24(18)23-17(6-12-48-23)22-16(5-11-47-22)21-15(4-10-46-21)20-14(3-9-45-20)19-2-1-8-44-19/h1-13H. The van der Waals surface area contributed by atoms with E-state index in [4.69, 9.17) is 0 Å². The minimum Gasteiger partial charge on any atom is -0.194 e. The molecule has 0 N–H and O–H groups in total. The summed E-state index contributed by atoms with van der Waals surface area (Å²) in [5, 5.41) is 9.47. The van der Waals surface area contributed by atoms with Crippen LogP contribution in [0, 0.1) is 0 Å². The zero-order chi connectivity index (χ0) is 35.8. The zero-order valence-electron chi connectivity index (χ0n) is 23.4. The molecule has 0 aromatic carbocycles. The Labute approximate surface area is 291 Å². The molecule has 6 heterocycles. The molecule has 6 aromatic heterocycles. The van der Waals surface area contributed by atoms with Crippen molar-refractivity contribution in [2.75, 3.05) is 0 Å². The van der Waals surface area contributed by atoms with Gasteiger partial charge in [-0.15, -0.1) is 68.0 Å². The van der Waals surface area contributed by atoms with Gasteiger partial charge in [0, 0.05) is 47.3 Å². The summed E-state index contributed by atoms with van der Waals surface area (Å²) in [6.45, 7) is 0. The lowest BCUT2D eigenvalue weighted by Crippen LogP contribution is -2.69.